The molecule has 7 rings (SSSR count). The fourth-order valence-corrected chi connectivity index (χ4v) is 7.65. The Morgan fingerprint density at radius 3 is 1.13 bits per heavy atom. The van der Waals surface area contributed by atoms with Crippen LogP contribution in [0.25, 0.3) is 43.8 Å². The van der Waals surface area contributed by atoms with Crippen molar-refractivity contribution in [2.24, 2.45) is 16.8 Å². The number of Topliss-reactive ketones (excluding diaryl/α,β-unsaturated/α-hetero) is 5. The Kier molecular flexibility index (Phi) is 35.2. The molecule has 0 atom stereocenters. The third kappa shape index (κ3) is 28.3. The lowest BCUT2D eigenvalue weighted by Gasteiger charge is -2.22. The number of hydrazine groups is 1. The first-order chi connectivity index (χ1) is 40.1. The smallest absolute Gasteiger partial charge is 0.425 e. The topological polar surface area (TPSA) is 404 Å². The Labute approximate surface area is 504 Å². The molecule has 464 valence electrons. The number of carboxylic acids is 1. The van der Waals surface area contributed by atoms with Gasteiger partial charge >= 0.3 is 42.4 Å². The number of hydrogen-bond acceptors (Lipinski definition) is 23. The number of fused-ring (bicyclic) bond motifs is 4. The highest BCUT2D eigenvalue weighted by Crippen LogP contribution is 2.45. The van der Waals surface area contributed by atoms with Gasteiger partial charge in [-0.15, -0.1) is 50.5 Å². The summed E-state index contributed by atoms with van der Waals surface area (Å²) in [5.41, 5.74) is 11.9. The molecule has 24 nitrogen and oxygen atoms in total. The van der Waals surface area contributed by atoms with Gasteiger partial charge in [0.25, 0.3) is 5.97 Å². The normalized spacial score (nSPS) is 10.9. The Morgan fingerprint density at radius 1 is 0.500 bits per heavy atom. The average Bonchev–Trinajstić information content (AvgIpc) is 1.56. The molecule has 0 aliphatic carbocycles. The molecule has 28 heteroatoms. The van der Waals surface area contributed by atoms with Crippen molar-refractivity contribution in [1.29, 1.82) is 0 Å². The van der Waals surface area contributed by atoms with Gasteiger partial charge in [-0.3, -0.25) is 39.6 Å². The molecule has 0 bridgehead atoms. The van der Waals surface area contributed by atoms with Crippen LogP contribution in [0.1, 0.15) is 175 Å². The molecule has 0 fully saturated rings. The van der Waals surface area contributed by atoms with Crippen LogP contribution in [0.4, 0.5) is 11.4 Å². The minimum absolute atomic E-state index is 0.0205. The molecule has 0 amide bonds. The number of nitrogen functional groups attached to an aromatic ring is 1. The number of aliphatic carboxylic acids is 1. The number of nitrogens with two attached hydrogens (primary N) is 1. The minimum Gasteiger partial charge on any atom is -0.481 e. The summed E-state index contributed by atoms with van der Waals surface area (Å²) in [7, 11) is -12.4. The number of nitrogens with zero attached hydrogens (tertiary/aromatic N) is 3. The van der Waals surface area contributed by atoms with Crippen LogP contribution in [-0.2, 0) is 57.4 Å². The maximum Gasteiger partial charge on any atom is 0.425 e. The average molecular weight is 1270 g/mol. The van der Waals surface area contributed by atoms with Crippen LogP contribution < -0.4 is 11.3 Å². The van der Waals surface area contributed by atoms with Gasteiger partial charge in [0.15, 0.2) is 23.1 Å². The summed E-state index contributed by atoms with van der Waals surface area (Å²) >= 11 is 0. The maximum absolute atomic E-state index is 12.6. The second kappa shape index (κ2) is 39.1. The largest absolute Gasteiger partial charge is 0.481 e. The van der Waals surface area contributed by atoms with Gasteiger partial charge < -0.3 is 10.5 Å². The van der Waals surface area contributed by atoms with Crippen molar-refractivity contribution in [1.82, 2.24) is 9.97 Å². The van der Waals surface area contributed by atoms with Gasteiger partial charge in [0, 0.05) is 55.3 Å². The van der Waals surface area contributed by atoms with Crippen molar-refractivity contribution in [2.45, 2.75) is 133 Å². The second-order valence-corrected chi connectivity index (χ2v) is 20.8. The number of aromatic nitrogens is 2. The van der Waals surface area contributed by atoms with E-state index >= 15 is 0 Å². The van der Waals surface area contributed by atoms with Gasteiger partial charge in [0.05, 0.1) is 5.69 Å². The van der Waals surface area contributed by atoms with E-state index in [9.17, 15) is 24.0 Å². The van der Waals surface area contributed by atoms with Gasteiger partial charge in [-0.1, -0.05) is 91.8 Å². The molecule has 6 aromatic rings. The zero-order valence-corrected chi connectivity index (χ0v) is 52.5. The highest BCUT2D eigenvalue weighted by atomic mass is 32.2. The number of ketones is 5. The van der Waals surface area contributed by atoms with E-state index in [1.807, 2.05) is 90.1 Å². The summed E-state index contributed by atoms with van der Waals surface area (Å²) in [4.78, 5) is 82.8. The standard InChI is InChI=1S/C28H30N2O2.C23H25N3O2.C5H10O.C2H4O2.4O3S/c1-6-8-25(31)23-15-20(16-24(30-23)26(32)9-7-2)18-10-12-21-19(14-18)11-13-22-27(21)28(4,5)17(3)29-22;1-3-5-22(27)20-13-18(14-21(25-20)23(28)6-4-2)16-7-8-17-12-19(26-24)10-9-15(17)11-16;1-4(2)5(3)6;1-2(3)4;4*1-4(2)3/h10-16H,6-9H2,1-5H3;7-14,26H,3-6,24H2,1-2H3;4H,1-3H3;1H3,(H,3,4);;;;. The lowest BCUT2D eigenvalue weighted by molar-refractivity contribution is -0.134. The number of rotatable bonds is 16. The molecule has 0 saturated heterocycles. The number of benzene rings is 4. The zero-order chi connectivity index (χ0) is 66.2. The van der Waals surface area contributed by atoms with E-state index in [1.54, 1.807) is 19.1 Å². The number of hydrogen-bond donors (Lipinski definition) is 3. The first-order valence-corrected chi connectivity index (χ1v) is 30.2. The van der Waals surface area contributed by atoms with E-state index in [1.165, 1.54) is 10.9 Å². The molecule has 0 radical (unpaired) electrons. The summed E-state index contributed by atoms with van der Waals surface area (Å²) < 4.78 is 101. The molecule has 1 aliphatic rings. The summed E-state index contributed by atoms with van der Waals surface area (Å²) in [6, 6.07) is 29.7. The van der Waals surface area contributed by atoms with Crippen LogP contribution in [0.2, 0.25) is 0 Å². The summed E-state index contributed by atoms with van der Waals surface area (Å²) in [5.74, 6) is 5.01. The van der Waals surface area contributed by atoms with Crippen molar-refractivity contribution in [3.63, 3.8) is 0 Å². The number of nitrogens with one attached hydrogen (secondary N) is 1. The highest BCUT2D eigenvalue weighted by Gasteiger charge is 2.34. The summed E-state index contributed by atoms with van der Waals surface area (Å²) in [6.45, 7) is 20.8. The third-order valence-corrected chi connectivity index (χ3v) is 12.0. The molecular formula is C58H69N5O19S4. The number of anilines is 1. The predicted octanol–water partition coefficient (Wildman–Crippen LogP) is 9.71. The molecule has 3 heterocycles. The van der Waals surface area contributed by atoms with Gasteiger partial charge in [-0.25, -0.2) is 9.97 Å². The van der Waals surface area contributed by atoms with Gasteiger partial charge in [0.1, 0.15) is 28.6 Å². The quantitative estimate of drug-likeness (QED) is 0.0461. The van der Waals surface area contributed by atoms with E-state index < -0.39 is 48.4 Å². The second-order valence-electron chi connectivity index (χ2n) is 19.2. The van der Waals surface area contributed by atoms with Crippen molar-refractivity contribution < 1.29 is 84.4 Å². The summed E-state index contributed by atoms with van der Waals surface area (Å²) in [6.07, 6.45) is 4.69. The molecule has 4 aromatic carbocycles. The first-order valence-electron chi connectivity index (χ1n) is 26.2. The van der Waals surface area contributed by atoms with Crippen LogP contribution in [0.3, 0.4) is 0 Å². The van der Waals surface area contributed by atoms with Crippen LogP contribution in [-0.4, -0.2) is 106 Å². The fourth-order valence-electron chi connectivity index (χ4n) is 7.65. The molecule has 1 aliphatic heterocycles. The molecule has 86 heavy (non-hydrogen) atoms. The molecule has 0 unspecified atom stereocenters. The monoisotopic (exact) mass is 1270 g/mol. The zero-order valence-electron chi connectivity index (χ0n) is 49.2. The Bertz CT molecular complexity index is 3710. The Balaban J connectivity index is 0.00000120. The van der Waals surface area contributed by atoms with Crippen LogP contribution >= 0.6 is 0 Å². The lowest BCUT2D eigenvalue weighted by atomic mass is 9.79. The van der Waals surface area contributed by atoms with Gasteiger partial charge in [0.2, 0.25) is 0 Å². The SMILES string of the molecule is CC(=O)C(C)C.CC(=O)O.CCCC(=O)c1cc(-c2ccc3c4c(ccc3c2)N=C(C)C4(C)C)cc(C(=O)CCC)n1.CCCC(=O)c1cc(-c2ccc3cc(NN)ccc3c2)cc(C(=O)CCC)n1.O=S(=O)=O.O=S(=O)=O.O=S(=O)=O.O=S(=O)=O. The van der Waals surface area contributed by atoms with E-state index in [0.717, 1.165) is 88.1 Å². The fraction of sp³-hybridized carbons (Fsp3) is 0.362. The minimum atomic E-state index is -3.11. The molecule has 0 spiro atoms. The first kappa shape index (κ1) is 77.4. The number of carbonyl (C=O) groups excluding carboxylic acids is 5. The lowest BCUT2D eigenvalue weighted by Crippen LogP contribution is -2.22. The number of carboxylic acid groups (broad SMARTS) is 1. The van der Waals surface area contributed by atoms with Gasteiger partial charge in [-0.05, 0) is 143 Å². The Morgan fingerprint density at radius 2 is 0.802 bits per heavy atom. The van der Waals surface area contributed by atoms with Crippen molar-refractivity contribution in [2.75, 3.05) is 5.43 Å². The molecular weight excluding hydrogens is 1200 g/mol. The van der Waals surface area contributed by atoms with Crippen molar-refractivity contribution in [3.05, 3.63) is 119 Å². The van der Waals surface area contributed by atoms with E-state index in [2.05, 4.69) is 66.5 Å². The summed E-state index contributed by atoms with van der Waals surface area (Å²) in [5, 5.41) is 11.8. The van der Waals surface area contributed by atoms with Crippen molar-refractivity contribution in [3.8, 4) is 22.3 Å². The molecule has 0 saturated carbocycles. The van der Waals surface area contributed by atoms with Crippen LogP contribution in [0.15, 0.2) is 96.0 Å². The molecule has 4 N–H and O–H groups in total. The van der Waals surface area contributed by atoms with Crippen LogP contribution in [0.5, 0.6) is 0 Å². The number of carbonyl (C=O) groups is 6. The number of pyridine rings is 2. The van der Waals surface area contributed by atoms with E-state index in [4.69, 9.17) is 71.2 Å². The third-order valence-electron chi connectivity index (χ3n) is 12.0. The van der Waals surface area contributed by atoms with Gasteiger partial charge in [-0.2, -0.15) is 0 Å². The number of aliphatic imine (C=N–C) groups is 1. The van der Waals surface area contributed by atoms with E-state index in [0.29, 0.717) is 48.5 Å². The van der Waals surface area contributed by atoms with Crippen LogP contribution in [0, 0.1) is 5.92 Å². The van der Waals surface area contributed by atoms with E-state index in [-0.39, 0.29) is 40.2 Å². The van der Waals surface area contributed by atoms with Crippen molar-refractivity contribution >= 4 is 116 Å². The highest BCUT2D eigenvalue weighted by molar-refractivity contribution is 7.59. The maximum atomic E-state index is 12.6. The molecule has 2 aromatic heterocycles. The Hall–Kier alpha value is -8.57. The predicted molar refractivity (Wildman–Crippen MR) is 323 cm³/mol.